The molecule has 0 aromatic heterocycles. The molecule has 3 nitrogen and oxygen atoms in total. The molecule has 3 heteroatoms. The molecule has 0 aliphatic carbocycles. The number of amides is 1. The molecule has 2 rings (SSSR count). The van der Waals surface area contributed by atoms with Gasteiger partial charge in [-0.25, -0.2) is 0 Å². The summed E-state index contributed by atoms with van der Waals surface area (Å²) in [5.41, 5.74) is 3.47. The van der Waals surface area contributed by atoms with Crippen LogP contribution >= 0.6 is 0 Å². The molecule has 0 aliphatic rings. The van der Waals surface area contributed by atoms with Gasteiger partial charge in [0.1, 0.15) is 5.75 Å². The van der Waals surface area contributed by atoms with Crippen molar-refractivity contribution in [1.82, 2.24) is 5.32 Å². The van der Waals surface area contributed by atoms with Crippen molar-refractivity contribution in [1.29, 1.82) is 0 Å². The topological polar surface area (TPSA) is 38.3 Å². The summed E-state index contributed by atoms with van der Waals surface area (Å²) in [4.78, 5) is 12.1. The molecule has 0 aliphatic heterocycles. The van der Waals surface area contributed by atoms with Crippen molar-refractivity contribution in [2.75, 3.05) is 7.11 Å². The van der Waals surface area contributed by atoms with Crippen molar-refractivity contribution in [3.8, 4) is 5.75 Å². The third-order valence-electron chi connectivity index (χ3n) is 4.18. The van der Waals surface area contributed by atoms with Crippen molar-refractivity contribution < 1.29 is 9.53 Å². The zero-order chi connectivity index (χ0) is 18.4. The minimum absolute atomic E-state index is 0.0398. The number of carbonyl (C=O) groups excluding carboxylic acids is 1. The molecule has 0 saturated heterocycles. The number of nitrogens with one attached hydrogen (secondary N) is 1. The van der Waals surface area contributed by atoms with E-state index in [0.717, 1.165) is 16.9 Å². The molecule has 25 heavy (non-hydrogen) atoms. The second kappa shape index (κ2) is 8.02. The molecule has 132 valence electrons. The Kier molecular flexibility index (Phi) is 6.02. The monoisotopic (exact) mass is 337 g/mol. The quantitative estimate of drug-likeness (QED) is 0.789. The second-order valence-corrected chi connectivity index (χ2v) is 7.21. The third kappa shape index (κ3) is 5.49. The van der Waals surface area contributed by atoms with E-state index in [2.05, 4.69) is 50.4 Å². The predicted octanol–water partition coefficient (Wildman–Crippen LogP) is 4.88. The number of hydrogen-bond acceptors (Lipinski definition) is 2. The molecule has 0 fully saturated rings. The van der Waals surface area contributed by atoms with Crippen LogP contribution in [0.15, 0.2) is 54.6 Å². The Morgan fingerprint density at radius 3 is 2.16 bits per heavy atom. The summed E-state index contributed by atoms with van der Waals surface area (Å²) in [5.74, 6) is 0.692. The summed E-state index contributed by atoms with van der Waals surface area (Å²) in [6.45, 7) is 8.57. The van der Waals surface area contributed by atoms with Gasteiger partial charge in [-0.1, -0.05) is 57.2 Å². The normalized spacial score (nSPS) is 12.8. The summed E-state index contributed by atoms with van der Waals surface area (Å²) in [6.07, 6.45) is 3.35. The highest BCUT2D eigenvalue weighted by Gasteiger charge is 2.14. The van der Waals surface area contributed by atoms with Crippen LogP contribution < -0.4 is 10.1 Å². The number of rotatable bonds is 5. The van der Waals surface area contributed by atoms with E-state index in [1.165, 1.54) is 5.56 Å². The van der Waals surface area contributed by atoms with Gasteiger partial charge in [-0.3, -0.25) is 4.79 Å². The Hall–Kier alpha value is -2.55. The van der Waals surface area contributed by atoms with E-state index in [1.54, 1.807) is 19.3 Å². The molecule has 1 atom stereocenters. The van der Waals surface area contributed by atoms with Gasteiger partial charge in [-0.15, -0.1) is 0 Å². The van der Waals surface area contributed by atoms with Gasteiger partial charge in [0.2, 0.25) is 5.91 Å². The minimum Gasteiger partial charge on any atom is -0.497 e. The number of benzene rings is 2. The summed E-state index contributed by atoms with van der Waals surface area (Å²) < 4.78 is 5.12. The molecule has 1 amide bonds. The first-order chi connectivity index (χ1) is 11.8. The van der Waals surface area contributed by atoms with E-state index in [9.17, 15) is 4.79 Å². The van der Waals surface area contributed by atoms with Crippen LogP contribution in [0.4, 0.5) is 0 Å². The van der Waals surface area contributed by atoms with Gasteiger partial charge in [0, 0.05) is 6.08 Å². The molecule has 0 unspecified atom stereocenters. The van der Waals surface area contributed by atoms with E-state index >= 15 is 0 Å². The molecule has 2 aromatic carbocycles. The maximum atomic E-state index is 12.1. The molecule has 2 aromatic rings. The van der Waals surface area contributed by atoms with Gasteiger partial charge in [0.15, 0.2) is 0 Å². The average molecular weight is 337 g/mol. The van der Waals surface area contributed by atoms with Crippen LogP contribution in [0.2, 0.25) is 0 Å². The highest BCUT2D eigenvalue weighted by atomic mass is 16.5. The number of methoxy groups -OCH3 is 1. The standard InChI is InChI=1S/C22H27NO2/c1-16(18-9-11-19(12-10-18)22(2,3)4)23-21(24)15-8-17-6-13-20(25-5)14-7-17/h6-16H,1-5H3,(H,23,24)/b15-8+/t16-/m0/s1. The first kappa shape index (κ1) is 18.8. The van der Waals surface area contributed by atoms with Gasteiger partial charge >= 0.3 is 0 Å². The Bertz CT molecular complexity index is 722. The zero-order valence-electron chi connectivity index (χ0n) is 15.7. The van der Waals surface area contributed by atoms with E-state index in [4.69, 9.17) is 4.74 Å². The smallest absolute Gasteiger partial charge is 0.244 e. The van der Waals surface area contributed by atoms with E-state index in [0.29, 0.717) is 0 Å². The lowest BCUT2D eigenvalue weighted by atomic mass is 9.86. The van der Waals surface area contributed by atoms with Crippen LogP contribution in [0, 0.1) is 0 Å². The Morgan fingerprint density at radius 1 is 1.04 bits per heavy atom. The third-order valence-corrected chi connectivity index (χ3v) is 4.18. The molecule has 1 N–H and O–H groups in total. The molecule has 0 spiro atoms. The van der Waals surface area contributed by atoms with Gasteiger partial charge in [-0.2, -0.15) is 0 Å². The minimum atomic E-state index is -0.108. The van der Waals surface area contributed by atoms with Crippen LogP contribution in [0.25, 0.3) is 6.08 Å². The van der Waals surface area contributed by atoms with Gasteiger partial charge in [0.05, 0.1) is 13.2 Å². The summed E-state index contributed by atoms with van der Waals surface area (Å²) >= 11 is 0. The second-order valence-electron chi connectivity index (χ2n) is 7.21. The summed E-state index contributed by atoms with van der Waals surface area (Å²) in [7, 11) is 1.63. The molecular weight excluding hydrogens is 310 g/mol. The number of ether oxygens (including phenoxy) is 1. The lowest BCUT2D eigenvalue weighted by molar-refractivity contribution is -0.117. The largest absolute Gasteiger partial charge is 0.497 e. The number of hydrogen-bond donors (Lipinski definition) is 1. The highest BCUT2D eigenvalue weighted by Crippen LogP contribution is 2.23. The van der Waals surface area contributed by atoms with E-state index in [-0.39, 0.29) is 17.4 Å². The van der Waals surface area contributed by atoms with Crippen molar-refractivity contribution >= 4 is 12.0 Å². The van der Waals surface area contributed by atoms with Crippen LogP contribution in [-0.2, 0) is 10.2 Å². The Balaban J connectivity index is 1.96. The van der Waals surface area contributed by atoms with Gasteiger partial charge in [-0.05, 0) is 47.2 Å². The first-order valence-electron chi connectivity index (χ1n) is 8.52. The fraction of sp³-hybridized carbons (Fsp3) is 0.318. The molecule has 0 heterocycles. The SMILES string of the molecule is COc1ccc(/C=C/C(=O)N[C@@H](C)c2ccc(C(C)(C)C)cc2)cc1. The Labute approximate surface area is 150 Å². The van der Waals surface area contributed by atoms with Crippen molar-refractivity contribution in [3.05, 3.63) is 71.3 Å². The highest BCUT2D eigenvalue weighted by molar-refractivity contribution is 5.91. The van der Waals surface area contributed by atoms with Gasteiger partial charge in [0.25, 0.3) is 0 Å². The molecule has 0 radical (unpaired) electrons. The summed E-state index contributed by atoms with van der Waals surface area (Å²) in [5, 5.41) is 3.00. The first-order valence-corrected chi connectivity index (χ1v) is 8.52. The maximum Gasteiger partial charge on any atom is 0.244 e. The molecule has 0 bridgehead atoms. The van der Waals surface area contributed by atoms with Crippen LogP contribution in [-0.4, -0.2) is 13.0 Å². The predicted molar refractivity (Wildman–Crippen MR) is 104 cm³/mol. The van der Waals surface area contributed by atoms with E-state index in [1.807, 2.05) is 31.2 Å². The van der Waals surface area contributed by atoms with Crippen molar-refractivity contribution in [2.45, 2.75) is 39.2 Å². The van der Waals surface area contributed by atoms with Crippen LogP contribution in [0.5, 0.6) is 5.75 Å². The fourth-order valence-electron chi connectivity index (χ4n) is 2.50. The lowest BCUT2D eigenvalue weighted by Crippen LogP contribution is -2.24. The van der Waals surface area contributed by atoms with Crippen molar-refractivity contribution in [3.63, 3.8) is 0 Å². The van der Waals surface area contributed by atoms with Gasteiger partial charge < -0.3 is 10.1 Å². The van der Waals surface area contributed by atoms with Crippen molar-refractivity contribution in [2.24, 2.45) is 0 Å². The van der Waals surface area contributed by atoms with E-state index < -0.39 is 0 Å². The fourth-order valence-corrected chi connectivity index (χ4v) is 2.50. The van der Waals surface area contributed by atoms with Crippen LogP contribution in [0.1, 0.15) is 50.4 Å². The molecule has 0 saturated carbocycles. The number of carbonyl (C=O) groups is 1. The molecular formula is C22H27NO2. The maximum absolute atomic E-state index is 12.1. The lowest BCUT2D eigenvalue weighted by Gasteiger charge is -2.20. The zero-order valence-corrected chi connectivity index (χ0v) is 15.7. The average Bonchev–Trinajstić information content (AvgIpc) is 2.59. The summed E-state index contributed by atoms with van der Waals surface area (Å²) in [6, 6.07) is 16.0. The Morgan fingerprint density at radius 2 is 1.64 bits per heavy atom. The van der Waals surface area contributed by atoms with Crippen LogP contribution in [0.3, 0.4) is 0 Å².